The molecule has 1 aliphatic heterocycles. The minimum absolute atomic E-state index is 0.0919. The number of rotatable bonds is 10. The van der Waals surface area contributed by atoms with E-state index in [2.05, 4.69) is 31.3 Å². The lowest BCUT2D eigenvalue weighted by Gasteiger charge is -2.28. The fourth-order valence-electron chi connectivity index (χ4n) is 6.65. The van der Waals surface area contributed by atoms with E-state index in [-0.39, 0.29) is 23.6 Å². The van der Waals surface area contributed by atoms with Crippen molar-refractivity contribution in [3.05, 3.63) is 83.4 Å². The number of amides is 3. The summed E-state index contributed by atoms with van der Waals surface area (Å²) < 4.78 is 0. The van der Waals surface area contributed by atoms with Crippen LogP contribution in [0.25, 0.3) is 22.5 Å². The Bertz CT molecular complexity index is 1670. The first-order valence-corrected chi connectivity index (χ1v) is 16.5. The summed E-state index contributed by atoms with van der Waals surface area (Å²) >= 11 is 0. The van der Waals surface area contributed by atoms with E-state index in [1.54, 1.807) is 24.3 Å². The lowest BCUT2D eigenvalue weighted by Crippen LogP contribution is -2.48. The Morgan fingerprint density at radius 1 is 0.936 bits per heavy atom. The van der Waals surface area contributed by atoms with Gasteiger partial charge in [-0.15, -0.1) is 10.2 Å². The maximum atomic E-state index is 13.6. The van der Waals surface area contributed by atoms with Crippen LogP contribution in [0.2, 0.25) is 0 Å². The quantitative estimate of drug-likeness (QED) is 0.200. The molecule has 2 heterocycles. The number of anilines is 1. The average molecular weight is 635 g/mol. The van der Waals surface area contributed by atoms with Gasteiger partial charge in [0.1, 0.15) is 6.04 Å². The monoisotopic (exact) mass is 634 g/mol. The number of carbonyl (C=O) groups is 3. The van der Waals surface area contributed by atoms with Gasteiger partial charge in [-0.1, -0.05) is 30.3 Å². The van der Waals surface area contributed by atoms with Gasteiger partial charge in [0.25, 0.3) is 5.91 Å². The molecule has 2 fully saturated rings. The molecule has 1 atom stereocenters. The zero-order valence-corrected chi connectivity index (χ0v) is 26.7. The number of hydrogen-bond donors (Lipinski definition) is 4. The maximum Gasteiger partial charge on any atom is 0.253 e. The van der Waals surface area contributed by atoms with E-state index in [9.17, 15) is 14.4 Å². The molecule has 0 spiro atoms. The molecule has 3 aromatic carbocycles. The molecule has 11 heteroatoms. The van der Waals surface area contributed by atoms with E-state index in [1.165, 1.54) is 0 Å². The summed E-state index contributed by atoms with van der Waals surface area (Å²) in [5.74, 6) is 0.491. The van der Waals surface area contributed by atoms with Gasteiger partial charge in [0.2, 0.25) is 17.6 Å². The van der Waals surface area contributed by atoms with Gasteiger partial charge in [0.05, 0.1) is 0 Å². The molecule has 47 heavy (non-hydrogen) atoms. The van der Waals surface area contributed by atoms with Crippen molar-refractivity contribution < 1.29 is 14.4 Å². The summed E-state index contributed by atoms with van der Waals surface area (Å²) in [5.41, 5.74) is 12.0. The molecule has 1 aliphatic carbocycles. The van der Waals surface area contributed by atoms with Crippen molar-refractivity contribution >= 4 is 23.4 Å². The molecule has 1 aromatic heterocycles. The van der Waals surface area contributed by atoms with E-state index in [4.69, 9.17) is 5.73 Å². The lowest BCUT2D eigenvalue weighted by atomic mass is 9.81. The van der Waals surface area contributed by atoms with Crippen LogP contribution in [-0.4, -0.2) is 68.9 Å². The minimum Gasteiger partial charge on any atom is -0.344 e. The number of likely N-dealkylation sites (tertiary alicyclic amines) is 1. The van der Waals surface area contributed by atoms with Crippen molar-refractivity contribution in [2.75, 3.05) is 25.0 Å². The van der Waals surface area contributed by atoms with Crippen LogP contribution in [0.5, 0.6) is 0 Å². The lowest BCUT2D eigenvalue weighted by molar-refractivity contribution is -0.130. The molecule has 6 rings (SSSR count). The zero-order valence-electron chi connectivity index (χ0n) is 26.7. The van der Waals surface area contributed by atoms with Gasteiger partial charge < -0.3 is 21.3 Å². The molecular formula is C36H42N8O3. The second-order valence-corrected chi connectivity index (χ2v) is 12.7. The normalized spacial score (nSPS) is 18.5. The smallest absolute Gasteiger partial charge is 0.253 e. The van der Waals surface area contributed by atoms with Crippen molar-refractivity contribution in [1.29, 1.82) is 0 Å². The number of aromatic nitrogens is 4. The number of nitrogens with two attached hydrogens (primary N) is 1. The number of nitrogens with zero attached hydrogens (tertiary/aromatic N) is 4. The number of H-pyrrole nitrogens is 1. The standard InChI is InChI=1S/C36H42N8O3/c1-23-20-29(36(47)44-18-2-3-19-44)14-17-31(23)26-8-4-24(5-9-26)21-32(39-34(45)28-10-6-25(22-37)7-11-28)35(46)38-30-15-12-27(13-16-30)33-40-42-43-41-33/h4-5,8-9,12-17,20,25,28,32H,2-3,6-7,10-11,18-19,21-22,37H2,1H3,(H,38,46)(H,39,45)(H,40,41,42,43). The highest BCUT2D eigenvalue weighted by molar-refractivity contribution is 5.98. The molecule has 244 valence electrons. The zero-order chi connectivity index (χ0) is 32.8. The number of aromatic amines is 1. The van der Waals surface area contributed by atoms with Gasteiger partial charge in [-0.2, -0.15) is 5.21 Å². The van der Waals surface area contributed by atoms with E-state index in [1.807, 2.05) is 54.3 Å². The summed E-state index contributed by atoms with van der Waals surface area (Å²) in [7, 11) is 0. The topological polar surface area (TPSA) is 159 Å². The number of nitrogens with one attached hydrogen (secondary N) is 3. The van der Waals surface area contributed by atoms with Crippen LogP contribution in [-0.2, 0) is 16.0 Å². The van der Waals surface area contributed by atoms with Crippen LogP contribution >= 0.6 is 0 Å². The predicted molar refractivity (Wildman–Crippen MR) is 180 cm³/mol. The van der Waals surface area contributed by atoms with E-state index < -0.39 is 6.04 Å². The first kappa shape index (κ1) is 32.1. The highest BCUT2D eigenvalue weighted by Crippen LogP contribution is 2.29. The number of benzene rings is 3. The van der Waals surface area contributed by atoms with Gasteiger partial charge in [-0.05, 0) is 122 Å². The SMILES string of the molecule is Cc1cc(C(=O)N2CCCC2)ccc1-c1ccc(CC(NC(=O)C2CCC(CN)CC2)C(=O)Nc2ccc(-c3nn[nH]n3)cc2)cc1. The van der Waals surface area contributed by atoms with E-state index >= 15 is 0 Å². The highest BCUT2D eigenvalue weighted by Gasteiger charge is 2.29. The van der Waals surface area contributed by atoms with Crippen molar-refractivity contribution in [2.24, 2.45) is 17.6 Å². The van der Waals surface area contributed by atoms with E-state index in [0.29, 0.717) is 30.4 Å². The summed E-state index contributed by atoms with van der Waals surface area (Å²) in [5, 5.41) is 20.0. The first-order valence-electron chi connectivity index (χ1n) is 16.5. The Kier molecular flexibility index (Phi) is 10.0. The Morgan fingerprint density at radius 3 is 2.28 bits per heavy atom. The van der Waals surface area contributed by atoms with Crippen LogP contribution in [0.3, 0.4) is 0 Å². The third-order valence-electron chi connectivity index (χ3n) is 9.51. The molecule has 0 radical (unpaired) electrons. The second-order valence-electron chi connectivity index (χ2n) is 12.7. The highest BCUT2D eigenvalue weighted by atomic mass is 16.2. The van der Waals surface area contributed by atoms with Gasteiger partial charge in [-0.25, -0.2) is 0 Å². The summed E-state index contributed by atoms with van der Waals surface area (Å²) in [4.78, 5) is 41.8. The molecule has 1 saturated heterocycles. The predicted octanol–water partition coefficient (Wildman–Crippen LogP) is 4.51. The van der Waals surface area contributed by atoms with Crippen LogP contribution in [0.4, 0.5) is 5.69 Å². The van der Waals surface area contributed by atoms with Crippen LogP contribution in [0, 0.1) is 18.8 Å². The van der Waals surface area contributed by atoms with E-state index in [0.717, 1.165) is 85.0 Å². The molecule has 1 unspecified atom stereocenters. The number of hydrogen-bond acceptors (Lipinski definition) is 7. The van der Waals surface area contributed by atoms with Gasteiger partial charge >= 0.3 is 0 Å². The van der Waals surface area contributed by atoms with Gasteiger partial charge in [0, 0.05) is 42.2 Å². The number of tetrazole rings is 1. The summed E-state index contributed by atoms with van der Waals surface area (Å²) in [6, 6.07) is 20.3. The van der Waals surface area contributed by atoms with Crippen molar-refractivity contribution in [1.82, 2.24) is 30.8 Å². The van der Waals surface area contributed by atoms with Crippen molar-refractivity contribution in [3.8, 4) is 22.5 Å². The van der Waals surface area contributed by atoms with Crippen LogP contribution in [0.1, 0.15) is 60.0 Å². The molecular weight excluding hydrogens is 592 g/mol. The third kappa shape index (κ3) is 7.74. The Hall–Kier alpha value is -4.90. The molecule has 2 aliphatic rings. The van der Waals surface area contributed by atoms with Gasteiger partial charge in [0.15, 0.2) is 0 Å². The molecule has 3 amide bonds. The van der Waals surface area contributed by atoms with Crippen LogP contribution < -0.4 is 16.4 Å². The molecule has 4 aromatic rings. The Balaban J connectivity index is 1.16. The first-order chi connectivity index (χ1) is 22.9. The van der Waals surface area contributed by atoms with Crippen LogP contribution in [0.15, 0.2) is 66.7 Å². The minimum atomic E-state index is -0.768. The summed E-state index contributed by atoms with van der Waals surface area (Å²) in [6.07, 6.45) is 5.85. The third-order valence-corrected chi connectivity index (χ3v) is 9.51. The average Bonchev–Trinajstić information content (AvgIpc) is 3.84. The fourth-order valence-corrected chi connectivity index (χ4v) is 6.65. The van der Waals surface area contributed by atoms with Crippen molar-refractivity contribution in [3.63, 3.8) is 0 Å². The molecule has 11 nitrogen and oxygen atoms in total. The largest absolute Gasteiger partial charge is 0.344 e. The Morgan fingerprint density at radius 2 is 1.64 bits per heavy atom. The second kappa shape index (κ2) is 14.7. The molecule has 0 bridgehead atoms. The molecule has 1 saturated carbocycles. The van der Waals surface area contributed by atoms with Crippen molar-refractivity contribution in [2.45, 2.75) is 57.9 Å². The number of aryl methyl sites for hydroxylation is 1. The maximum absolute atomic E-state index is 13.6. The molecule has 5 N–H and O–H groups in total. The Labute approximate surface area is 274 Å². The summed E-state index contributed by atoms with van der Waals surface area (Å²) in [6.45, 7) is 4.31. The van der Waals surface area contributed by atoms with Gasteiger partial charge in [-0.3, -0.25) is 14.4 Å². The fraction of sp³-hybridized carbons (Fsp3) is 0.389. The number of carbonyl (C=O) groups excluding carboxylic acids is 3.